The molecule has 1 N–H and O–H groups in total. The van der Waals surface area contributed by atoms with Gasteiger partial charge in [0.25, 0.3) is 10.0 Å². The molecule has 4 rings (SSSR count). The summed E-state index contributed by atoms with van der Waals surface area (Å²) >= 11 is 12.3. The smallest absolute Gasteiger partial charge is 0.264 e. The van der Waals surface area contributed by atoms with Crippen LogP contribution in [0.4, 0.5) is 5.69 Å². The van der Waals surface area contributed by atoms with Gasteiger partial charge < -0.3 is 10.2 Å². The molecule has 4 aromatic carbocycles. The Labute approximate surface area is 256 Å². The summed E-state index contributed by atoms with van der Waals surface area (Å²) in [6, 6.07) is 28.1. The van der Waals surface area contributed by atoms with Crippen LogP contribution in [0.5, 0.6) is 0 Å². The Morgan fingerprint density at radius 3 is 2.12 bits per heavy atom. The number of aryl methyl sites for hydroxylation is 1. The Morgan fingerprint density at radius 1 is 0.810 bits per heavy atom. The first-order valence-corrected chi connectivity index (χ1v) is 15.4. The van der Waals surface area contributed by atoms with Crippen LogP contribution in [0.3, 0.4) is 0 Å². The number of anilines is 1. The number of hydrogen-bond donors (Lipinski definition) is 1. The quantitative estimate of drug-likeness (QED) is 0.226. The van der Waals surface area contributed by atoms with Crippen LogP contribution in [0, 0.1) is 6.92 Å². The average Bonchev–Trinajstić information content (AvgIpc) is 2.98. The van der Waals surface area contributed by atoms with Gasteiger partial charge in [-0.05, 0) is 60.5 Å². The summed E-state index contributed by atoms with van der Waals surface area (Å²) in [6.07, 6.45) is 0.235. The Balaban J connectivity index is 1.79. The summed E-state index contributed by atoms with van der Waals surface area (Å²) in [5.74, 6) is -0.923. The normalized spacial score (nSPS) is 11.9. The van der Waals surface area contributed by atoms with Crippen molar-refractivity contribution in [2.24, 2.45) is 0 Å². The third-order valence-corrected chi connectivity index (χ3v) is 9.00. The number of likely N-dealkylation sites (N-methyl/N-ethyl adjacent to an activating group) is 1. The van der Waals surface area contributed by atoms with Crippen molar-refractivity contribution in [3.63, 3.8) is 0 Å². The molecular weight excluding hydrogens is 593 g/mol. The maximum Gasteiger partial charge on any atom is 0.264 e. The van der Waals surface area contributed by atoms with Gasteiger partial charge >= 0.3 is 0 Å². The predicted molar refractivity (Wildman–Crippen MR) is 167 cm³/mol. The molecular formula is C32H31Cl2N3O4S. The van der Waals surface area contributed by atoms with E-state index in [1.807, 2.05) is 61.5 Å². The Bertz CT molecular complexity index is 1650. The van der Waals surface area contributed by atoms with Crippen molar-refractivity contribution < 1.29 is 18.0 Å². The molecule has 0 bridgehead atoms. The fourth-order valence-corrected chi connectivity index (χ4v) is 6.34. The van der Waals surface area contributed by atoms with Crippen molar-refractivity contribution in [2.45, 2.75) is 30.8 Å². The molecule has 10 heteroatoms. The molecule has 0 saturated heterocycles. The number of amides is 2. The van der Waals surface area contributed by atoms with Crippen molar-refractivity contribution in [1.82, 2.24) is 10.2 Å². The molecule has 7 nitrogen and oxygen atoms in total. The second kappa shape index (κ2) is 13.9. The van der Waals surface area contributed by atoms with Gasteiger partial charge in [-0.2, -0.15) is 0 Å². The first-order valence-electron chi connectivity index (χ1n) is 13.2. The van der Waals surface area contributed by atoms with Crippen molar-refractivity contribution >= 4 is 50.7 Å². The molecule has 0 spiro atoms. The highest BCUT2D eigenvalue weighted by Crippen LogP contribution is 2.28. The maximum absolute atomic E-state index is 14.3. The molecule has 0 saturated carbocycles. The van der Waals surface area contributed by atoms with E-state index in [4.69, 9.17) is 23.2 Å². The number of nitrogens with zero attached hydrogens (tertiary/aromatic N) is 2. The first kappa shape index (κ1) is 31.1. The highest BCUT2D eigenvalue weighted by molar-refractivity contribution is 7.92. The van der Waals surface area contributed by atoms with Crippen LogP contribution in [0.25, 0.3) is 0 Å². The van der Waals surface area contributed by atoms with E-state index in [2.05, 4.69) is 5.32 Å². The highest BCUT2D eigenvalue weighted by Gasteiger charge is 2.34. The molecule has 0 aromatic heterocycles. The van der Waals surface area contributed by atoms with Gasteiger partial charge in [-0.25, -0.2) is 8.42 Å². The van der Waals surface area contributed by atoms with Gasteiger partial charge in [0.05, 0.1) is 10.6 Å². The van der Waals surface area contributed by atoms with E-state index in [1.54, 1.807) is 18.2 Å². The minimum Gasteiger partial charge on any atom is -0.357 e. The van der Waals surface area contributed by atoms with Crippen molar-refractivity contribution in [2.75, 3.05) is 17.9 Å². The Kier molecular flexibility index (Phi) is 10.3. The topological polar surface area (TPSA) is 86.8 Å². The van der Waals surface area contributed by atoms with Crippen LogP contribution in [-0.4, -0.2) is 44.8 Å². The second-order valence-electron chi connectivity index (χ2n) is 9.78. The predicted octanol–water partition coefficient (Wildman–Crippen LogP) is 5.88. The van der Waals surface area contributed by atoms with Crippen LogP contribution in [0.15, 0.2) is 108 Å². The third-order valence-electron chi connectivity index (χ3n) is 6.73. The molecule has 4 aromatic rings. The second-order valence-corrected chi connectivity index (χ2v) is 12.5. The van der Waals surface area contributed by atoms with Crippen LogP contribution in [0.2, 0.25) is 10.0 Å². The minimum absolute atomic E-state index is 0.0444. The van der Waals surface area contributed by atoms with Gasteiger partial charge in [-0.1, -0.05) is 89.4 Å². The number of carbonyl (C=O) groups is 2. The van der Waals surface area contributed by atoms with E-state index in [9.17, 15) is 18.0 Å². The number of carbonyl (C=O) groups excluding carboxylic acids is 2. The molecule has 0 aliphatic rings. The summed E-state index contributed by atoms with van der Waals surface area (Å²) in [4.78, 5) is 29.0. The van der Waals surface area contributed by atoms with Crippen LogP contribution in [-0.2, 0) is 32.6 Å². The van der Waals surface area contributed by atoms with E-state index in [0.717, 1.165) is 21.0 Å². The average molecular weight is 625 g/mol. The van der Waals surface area contributed by atoms with E-state index < -0.39 is 28.5 Å². The molecule has 0 aliphatic heterocycles. The van der Waals surface area contributed by atoms with Crippen molar-refractivity contribution in [1.29, 1.82) is 0 Å². The summed E-state index contributed by atoms with van der Waals surface area (Å²) < 4.78 is 28.9. The lowest BCUT2D eigenvalue weighted by atomic mass is 10.0. The molecule has 218 valence electrons. The number of halogens is 2. The van der Waals surface area contributed by atoms with Gasteiger partial charge in [0.2, 0.25) is 11.8 Å². The summed E-state index contributed by atoms with van der Waals surface area (Å²) in [5, 5.41) is 3.36. The van der Waals surface area contributed by atoms with Gasteiger partial charge in [0.1, 0.15) is 12.6 Å². The fraction of sp³-hybridized carbons (Fsp3) is 0.188. The lowest BCUT2D eigenvalue weighted by molar-refractivity contribution is -0.139. The van der Waals surface area contributed by atoms with Gasteiger partial charge in [0.15, 0.2) is 0 Å². The first-order chi connectivity index (χ1) is 20.1. The molecule has 0 heterocycles. The molecule has 42 heavy (non-hydrogen) atoms. The van der Waals surface area contributed by atoms with E-state index in [0.29, 0.717) is 10.0 Å². The van der Waals surface area contributed by atoms with E-state index >= 15 is 0 Å². The number of sulfonamides is 1. The monoisotopic (exact) mass is 623 g/mol. The number of nitrogens with one attached hydrogen (secondary N) is 1. The molecule has 0 radical (unpaired) electrons. The van der Waals surface area contributed by atoms with Gasteiger partial charge in [-0.3, -0.25) is 13.9 Å². The van der Waals surface area contributed by atoms with Gasteiger partial charge in [-0.15, -0.1) is 0 Å². The molecule has 0 unspecified atom stereocenters. The van der Waals surface area contributed by atoms with Crippen LogP contribution >= 0.6 is 23.2 Å². The van der Waals surface area contributed by atoms with Gasteiger partial charge in [0, 0.05) is 30.1 Å². The number of hydrogen-bond acceptors (Lipinski definition) is 4. The van der Waals surface area contributed by atoms with Crippen molar-refractivity contribution in [3.8, 4) is 0 Å². The SMILES string of the molecule is CNC(=O)[C@@H](Cc1ccccc1)N(Cc1cccc(C)c1)C(=O)CN(c1cccc(Cl)c1)S(=O)(=O)c1ccc(Cl)cc1. The summed E-state index contributed by atoms with van der Waals surface area (Å²) in [5.41, 5.74) is 2.86. The van der Waals surface area contributed by atoms with Crippen LogP contribution in [0.1, 0.15) is 16.7 Å². The summed E-state index contributed by atoms with van der Waals surface area (Å²) in [7, 11) is -2.73. The zero-order valence-electron chi connectivity index (χ0n) is 23.2. The van der Waals surface area contributed by atoms with Crippen molar-refractivity contribution in [3.05, 3.63) is 130 Å². The minimum atomic E-state index is -4.24. The number of benzene rings is 4. The summed E-state index contributed by atoms with van der Waals surface area (Å²) in [6.45, 7) is 1.46. The van der Waals surface area contributed by atoms with E-state index in [-0.39, 0.29) is 29.5 Å². The van der Waals surface area contributed by atoms with Crippen LogP contribution < -0.4 is 9.62 Å². The maximum atomic E-state index is 14.3. The molecule has 0 fully saturated rings. The fourth-order valence-electron chi connectivity index (χ4n) is 4.62. The number of rotatable bonds is 11. The lowest BCUT2D eigenvalue weighted by Crippen LogP contribution is -2.53. The highest BCUT2D eigenvalue weighted by atomic mass is 35.5. The molecule has 2 amide bonds. The lowest BCUT2D eigenvalue weighted by Gasteiger charge is -2.33. The molecule has 0 aliphatic carbocycles. The zero-order chi connectivity index (χ0) is 30.3. The Morgan fingerprint density at radius 2 is 1.48 bits per heavy atom. The Hall–Kier alpha value is -3.85. The zero-order valence-corrected chi connectivity index (χ0v) is 25.5. The third kappa shape index (κ3) is 7.70. The molecule has 1 atom stereocenters. The standard InChI is InChI=1S/C32H31Cl2N3O4S/c1-23-8-6-11-25(18-23)21-36(30(32(39)35-2)19-24-9-4-3-5-10-24)31(38)22-37(28-13-7-12-27(34)20-28)42(40,41)29-16-14-26(33)15-17-29/h3-18,20,30H,19,21-22H2,1-2H3,(H,35,39)/t30-/m1/s1. The van der Waals surface area contributed by atoms with E-state index in [1.165, 1.54) is 42.3 Å². The largest absolute Gasteiger partial charge is 0.357 e.